The van der Waals surface area contributed by atoms with Crippen LogP contribution < -0.4 is 0 Å². The number of nitrogens with zero attached hydrogens (tertiary/aromatic N) is 1. The molecule has 2 saturated heterocycles. The summed E-state index contributed by atoms with van der Waals surface area (Å²) in [5, 5.41) is 0. The van der Waals surface area contributed by atoms with Gasteiger partial charge < -0.3 is 9.64 Å². The van der Waals surface area contributed by atoms with E-state index in [1.807, 2.05) is 23.1 Å². The van der Waals surface area contributed by atoms with Crippen LogP contribution in [0.5, 0.6) is 0 Å². The number of hydrogen-bond donors (Lipinski definition) is 0. The van der Waals surface area contributed by atoms with E-state index in [2.05, 4.69) is 6.07 Å². The lowest BCUT2D eigenvalue weighted by atomic mass is 9.78. The smallest absolute Gasteiger partial charge is 0.309 e. The highest BCUT2D eigenvalue weighted by Crippen LogP contribution is 2.51. The highest BCUT2D eigenvalue weighted by molar-refractivity contribution is 5.87. The van der Waals surface area contributed by atoms with Crippen LogP contribution in [-0.4, -0.2) is 29.4 Å². The van der Waals surface area contributed by atoms with E-state index in [1.54, 1.807) is 0 Å². The Bertz CT molecular complexity index is 568. The maximum absolute atomic E-state index is 12.1. The van der Waals surface area contributed by atoms with Crippen LogP contribution in [0.1, 0.15) is 24.0 Å². The van der Waals surface area contributed by atoms with Gasteiger partial charge in [-0.05, 0) is 17.5 Å². The van der Waals surface area contributed by atoms with Crippen molar-refractivity contribution in [2.45, 2.75) is 30.9 Å². The zero-order valence-electron chi connectivity index (χ0n) is 9.89. The number of ether oxygens (including phenoxy) is 1. The van der Waals surface area contributed by atoms with Crippen LogP contribution in [0.15, 0.2) is 24.3 Å². The van der Waals surface area contributed by atoms with Gasteiger partial charge in [0.2, 0.25) is 5.91 Å². The molecule has 1 aromatic carbocycles. The minimum Gasteiger partial charge on any atom is -0.459 e. The molecule has 0 unspecified atom stereocenters. The average Bonchev–Trinajstić information content (AvgIpc) is 2.79. The molecule has 0 N–H and O–H groups in total. The van der Waals surface area contributed by atoms with Crippen LogP contribution >= 0.6 is 0 Å². The van der Waals surface area contributed by atoms with Gasteiger partial charge in [0, 0.05) is 6.54 Å². The molecule has 4 rings (SSSR count). The molecule has 0 saturated carbocycles. The van der Waals surface area contributed by atoms with Crippen LogP contribution in [0.4, 0.5) is 0 Å². The van der Waals surface area contributed by atoms with Crippen molar-refractivity contribution in [2.24, 2.45) is 0 Å². The van der Waals surface area contributed by atoms with Crippen molar-refractivity contribution in [1.82, 2.24) is 4.90 Å². The van der Waals surface area contributed by atoms with Crippen molar-refractivity contribution < 1.29 is 14.3 Å². The third-order valence-electron chi connectivity index (χ3n) is 4.45. The standard InChI is InChI=1S/C14H13NO3/c16-12-7-11-14(8-13(17)18-11)10-4-2-1-3-9(10)5-6-15(12)14/h1-4,11H,5-8H2/t11-,14+/m0/s1. The topological polar surface area (TPSA) is 46.6 Å². The van der Waals surface area contributed by atoms with E-state index >= 15 is 0 Å². The van der Waals surface area contributed by atoms with Gasteiger partial charge in [-0.2, -0.15) is 0 Å². The Kier molecular flexibility index (Phi) is 1.76. The molecule has 0 bridgehead atoms. The third kappa shape index (κ3) is 1.01. The van der Waals surface area contributed by atoms with Gasteiger partial charge in [-0.25, -0.2) is 0 Å². The Balaban J connectivity index is 1.97. The summed E-state index contributed by atoms with van der Waals surface area (Å²) in [6.45, 7) is 0.697. The number of carbonyl (C=O) groups is 2. The predicted octanol–water partition coefficient (Wildman–Crippen LogP) is 0.986. The largest absolute Gasteiger partial charge is 0.459 e. The van der Waals surface area contributed by atoms with Gasteiger partial charge in [0.1, 0.15) is 11.6 Å². The first-order valence-electron chi connectivity index (χ1n) is 6.30. The maximum Gasteiger partial charge on any atom is 0.309 e. The van der Waals surface area contributed by atoms with Crippen LogP contribution in [0.3, 0.4) is 0 Å². The lowest BCUT2D eigenvalue weighted by Gasteiger charge is -2.41. The summed E-state index contributed by atoms with van der Waals surface area (Å²) in [5.41, 5.74) is 1.84. The summed E-state index contributed by atoms with van der Waals surface area (Å²) in [6, 6.07) is 8.10. The number of carbonyl (C=O) groups excluding carboxylic acids is 2. The van der Waals surface area contributed by atoms with Gasteiger partial charge in [-0.1, -0.05) is 24.3 Å². The molecule has 4 heteroatoms. The molecular weight excluding hydrogens is 230 g/mol. The SMILES string of the molecule is O=C1C[C@]23c4ccccc4CCN2C(=O)C[C@@H]3O1. The molecule has 1 aromatic rings. The molecule has 1 amide bonds. The highest BCUT2D eigenvalue weighted by Gasteiger charge is 2.62. The van der Waals surface area contributed by atoms with Crippen molar-refractivity contribution in [1.29, 1.82) is 0 Å². The molecule has 3 heterocycles. The molecule has 18 heavy (non-hydrogen) atoms. The van der Waals surface area contributed by atoms with E-state index in [0.717, 1.165) is 12.0 Å². The Morgan fingerprint density at radius 1 is 1.28 bits per heavy atom. The number of benzene rings is 1. The van der Waals surface area contributed by atoms with Crippen LogP contribution in [-0.2, 0) is 26.3 Å². The van der Waals surface area contributed by atoms with Gasteiger partial charge in [0.15, 0.2) is 0 Å². The second-order valence-electron chi connectivity index (χ2n) is 5.24. The Morgan fingerprint density at radius 3 is 3.00 bits per heavy atom. The molecule has 2 atom stereocenters. The first-order valence-corrected chi connectivity index (χ1v) is 6.30. The average molecular weight is 243 g/mol. The van der Waals surface area contributed by atoms with Gasteiger partial charge in [-0.3, -0.25) is 9.59 Å². The second-order valence-corrected chi connectivity index (χ2v) is 5.24. The number of rotatable bonds is 0. The summed E-state index contributed by atoms with van der Waals surface area (Å²) >= 11 is 0. The van der Waals surface area contributed by atoms with Crippen molar-refractivity contribution in [3.8, 4) is 0 Å². The van der Waals surface area contributed by atoms with Gasteiger partial charge in [0.25, 0.3) is 0 Å². The van der Waals surface area contributed by atoms with E-state index < -0.39 is 5.54 Å². The normalized spacial score (nSPS) is 32.9. The summed E-state index contributed by atoms with van der Waals surface area (Å²) in [6.07, 6.45) is 1.21. The molecule has 2 fully saturated rings. The van der Waals surface area contributed by atoms with E-state index in [1.165, 1.54) is 5.56 Å². The molecule has 3 aliphatic heterocycles. The highest BCUT2D eigenvalue weighted by atomic mass is 16.6. The molecule has 1 spiro atoms. The fraction of sp³-hybridized carbons (Fsp3) is 0.429. The fourth-order valence-corrected chi connectivity index (χ4v) is 3.73. The molecule has 4 nitrogen and oxygen atoms in total. The number of fused-ring (bicyclic) bond motifs is 1. The monoisotopic (exact) mass is 243 g/mol. The first-order chi connectivity index (χ1) is 8.72. The molecule has 0 aliphatic carbocycles. The summed E-state index contributed by atoms with van der Waals surface area (Å²) in [4.78, 5) is 25.6. The zero-order valence-corrected chi connectivity index (χ0v) is 9.89. The van der Waals surface area contributed by atoms with Crippen molar-refractivity contribution >= 4 is 11.9 Å². The van der Waals surface area contributed by atoms with E-state index in [9.17, 15) is 9.59 Å². The van der Waals surface area contributed by atoms with E-state index in [0.29, 0.717) is 19.4 Å². The predicted molar refractivity (Wildman–Crippen MR) is 62.7 cm³/mol. The van der Waals surface area contributed by atoms with Gasteiger partial charge in [0.05, 0.1) is 12.8 Å². The Morgan fingerprint density at radius 2 is 2.11 bits per heavy atom. The molecule has 0 radical (unpaired) electrons. The summed E-state index contributed by atoms with van der Waals surface area (Å²) < 4.78 is 5.37. The zero-order chi connectivity index (χ0) is 12.3. The van der Waals surface area contributed by atoms with Crippen LogP contribution in [0.25, 0.3) is 0 Å². The van der Waals surface area contributed by atoms with Gasteiger partial charge in [-0.15, -0.1) is 0 Å². The summed E-state index contributed by atoms with van der Waals surface area (Å²) in [5.74, 6) is -0.0730. The molecule has 0 aromatic heterocycles. The lowest BCUT2D eigenvalue weighted by molar-refractivity contribution is -0.142. The van der Waals surface area contributed by atoms with Crippen molar-refractivity contribution in [3.05, 3.63) is 35.4 Å². The molecular formula is C14H13NO3. The Hall–Kier alpha value is -1.84. The van der Waals surface area contributed by atoms with Crippen molar-refractivity contribution in [2.75, 3.05) is 6.54 Å². The van der Waals surface area contributed by atoms with Crippen molar-refractivity contribution in [3.63, 3.8) is 0 Å². The van der Waals surface area contributed by atoms with E-state index in [-0.39, 0.29) is 18.0 Å². The minimum absolute atomic E-state index is 0.113. The lowest BCUT2D eigenvalue weighted by Crippen LogP contribution is -2.50. The molecule has 92 valence electrons. The first kappa shape index (κ1) is 10.1. The number of amides is 1. The Labute approximate surface area is 105 Å². The number of hydrogen-bond acceptors (Lipinski definition) is 3. The summed E-state index contributed by atoms with van der Waals surface area (Å²) in [7, 11) is 0. The van der Waals surface area contributed by atoms with Crippen LogP contribution in [0, 0.1) is 0 Å². The minimum atomic E-state index is -0.511. The van der Waals surface area contributed by atoms with E-state index in [4.69, 9.17) is 4.74 Å². The maximum atomic E-state index is 12.1. The second kappa shape index (κ2) is 3.13. The van der Waals surface area contributed by atoms with Crippen LogP contribution in [0.2, 0.25) is 0 Å². The third-order valence-corrected chi connectivity index (χ3v) is 4.45. The molecule has 3 aliphatic rings. The quantitative estimate of drug-likeness (QED) is 0.638. The number of esters is 1. The van der Waals surface area contributed by atoms with Gasteiger partial charge >= 0.3 is 5.97 Å². The fourth-order valence-electron chi connectivity index (χ4n) is 3.73.